The Balaban J connectivity index is 1.30. The number of carbonyl (C=O) groups is 1. The number of piperidine rings is 1. The van der Waals surface area contributed by atoms with E-state index in [9.17, 15) is 13.2 Å². The summed E-state index contributed by atoms with van der Waals surface area (Å²) in [6.07, 6.45) is 0.900. The number of halogens is 1. The normalized spacial score (nSPS) is 15.9. The largest absolute Gasteiger partial charge is 0.459 e. The zero-order chi connectivity index (χ0) is 21.1. The van der Waals surface area contributed by atoms with Crippen LogP contribution in [-0.4, -0.2) is 36.8 Å². The number of rotatable bonds is 6. The number of sulfonamides is 1. The van der Waals surface area contributed by atoms with E-state index >= 15 is 0 Å². The first kappa shape index (κ1) is 21.5. The van der Waals surface area contributed by atoms with Gasteiger partial charge in [0.1, 0.15) is 15.8 Å². The van der Waals surface area contributed by atoms with Gasteiger partial charge in [0.25, 0.3) is 10.0 Å². The van der Waals surface area contributed by atoms with E-state index in [0.29, 0.717) is 40.9 Å². The van der Waals surface area contributed by atoms with Crippen molar-refractivity contribution >= 4 is 50.3 Å². The minimum absolute atomic E-state index is 0.0908. The monoisotopic (exact) mass is 482 g/mol. The molecule has 0 radical (unpaired) electrons. The van der Waals surface area contributed by atoms with Crippen molar-refractivity contribution in [2.75, 3.05) is 13.1 Å². The molecule has 10 heteroatoms. The maximum atomic E-state index is 12.6. The molecule has 4 rings (SSSR count). The Bertz CT molecular complexity index is 1120. The zero-order valence-electron chi connectivity index (χ0n) is 15.9. The summed E-state index contributed by atoms with van der Waals surface area (Å²) in [4.78, 5) is 17.0. The summed E-state index contributed by atoms with van der Waals surface area (Å²) in [7, 11) is -3.47. The average Bonchev–Trinajstić information content (AvgIpc) is 3.45. The highest BCUT2D eigenvalue weighted by molar-refractivity contribution is 7.91. The molecule has 0 atom stereocenters. The summed E-state index contributed by atoms with van der Waals surface area (Å²) in [5.74, 6) is -0.614. The van der Waals surface area contributed by atoms with Crippen molar-refractivity contribution in [2.24, 2.45) is 5.92 Å². The second kappa shape index (κ2) is 9.15. The van der Waals surface area contributed by atoms with Gasteiger partial charge in [-0.3, -0.25) is 4.79 Å². The van der Waals surface area contributed by atoms with Gasteiger partial charge in [-0.25, -0.2) is 13.4 Å². The van der Waals surface area contributed by atoms with E-state index in [0.717, 1.165) is 10.6 Å². The van der Waals surface area contributed by atoms with Gasteiger partial charge in [-0.15, -0.1) is 22.7 Å². The Morgan fingerprint density at radius 1 is 1.17 bits per heavy atom. The van der Waals surface area contributed by atoms with Crippen molar-refractivity contribution < 1.29 is 17.9 Å². The predicted molar refractivity (Wildman–Crippen MR) is 118 cm³/mol. The Morgan fingerprint density at radius 2 is 1.93 bits per heavy atom. The van der Waals surface area contributed by atoms with Gasteiger partial charge < -0.3 is 4.74 Å². The summed E-state index contributed by atoms with van der Waals surface area (Å²) < 4.78 is 32.4. The molecule has 0 amide bonds. The van der Waals surface area contributed by atoms with Crippen molar-refractivity contribution in [1.82, 2.24) is 9.29 Å². The van der Waals surface area contributed by atoms with E-state index in [1.165, 1.54) is 27.0 Å². The van der Waals surface area contributed by atoms with E-state index in [1.54, 1.807) is 17.5 Å². The van der Waals surface area contributed by atoms with Crippen LogP contribution in [0.1, 0.15) is 18.5 Å². The highest BCUT2D eigenvalue weighted by Crippen LogP contribution is 2.31. The second-order valence-electron chi connectivity index (χ2n) is 6.84. The first-order valence-electron chi connectivity index (χ1n) is 9.35. The fourth-order valence-corrected chi connectivity index (χ4v) is 7.00. The van der Waals surface area contributed by atoms with Crippen LogP contribution >= 0.6 is 34.3 Å². The van der Waals surface area contributed by atoms with Crippen LogP contribution in [0.3, 0.4) is 0 Å². The van der Waals surface area contributed by atoms with Crippen molar-refractivity contribution in [3.05, 3.63) is 57.9 Å². The topological polar surface area (TPSA) is 76.6 Å². The molecule has 6 nitrogen and oxygen atoms in total. The van der Waals surface area contributed by atoms with Crippen LogP contribution in [0.4, 0.5) is 0 Å². The third-order valence-electron chi connectivity index (χ3n) is 4.89. The van der Waals surface area contributed by atoms with E-state index in [2.05, 4.69) is 4.98 Å². The Hall–Kier alpha value is -1.78. The maximum absolute atomic E-state index is 12.6. The standard InChI is InChI=1S/C20H19ClN2O4S3/c21-17-5-2-1-4-16(17)19-22-15(13-29-19)12-27-20(24)14-7-9-23(10-8-14)30(25,26)18-6-3-11-28-18/h1-6,11,13-14H,7-10,12H2. The number of nitrogens with zero attached hydrogens (tertiary/aromatic N) is 2. The van der Waals surface area contributed by atoms with Crippen LogP contribution in [0, 0.1) is 5.92 Å². The molecular formula is C20H19ClN2O4S3. The molecule has 0 aliphatic carbocycles. The zero-order valence-corrected chi connectivity index (χ0v) is 19.1. The third kappa shape index (κ3) is 4.60. The first-order valence-corrected chi connectivity index (χ1v) is 12.9. The number of aromatic nitrogens is 1. The fourth-order valence-electron chi connectivity index (χ4n) is 3.26. The van der Waals surface area contributed by atoms with Crippen molar-refractivity contribution in [3.8, 4) is 10.6 Å². The molecule has 0 bridgehead atoms. The lowest BCUT2D eigenvalue weighted by atomic mass is 9.98. The SMILES string of the molecule is O=C(OCc1csc(-c2ccccc2Cl)n1)C1CCN(S(=O)(=O)c2cccs2)CC1. The van der Waals surface area contributed by atoms with Gasteiger partial charge in [0, 0.05) is 24.0 Å². The summed E-state index contributed by atoms with van der Waals surface area (Å²) in [6, 6.07) is 10.8. The molecule has 30 heavy (non-hydrogen) atoms. The first-order chi connectivity index (χ1) is 14.4. The molecule has 1 aromatic carbocycles. The highest BCUT2D eigenvalue weighted by Gasteiger charge is 2.33. The number of ether oxygens (including phenoxy) is 1. The highest BCUT2D eigenvalue weighted by atomic mass is 35.5. The lowest BCUT2D eigenvalue weighted by molar-refractivity contribution is -0.151. The molecule has 0 N–H and O–H groups in total. The van der Waals surface area contributed by atoms with E-state index in [4.69, 9.17) is 16.3 Å². The molecule has 1 fully saturated rings. The van der Waals surface area contributed by atoms with Crippen molar-refractivity contribution in [1.29, 1.82) is 0 Å². The minimum atomic E-state index is -3.47. The summed E-state index contributed by atoms with van der Waals surface area (Å²) >= 11 is 8.86. The van der Waals surface area contributed by atoms with Crippen LogP contribution in [0.15, 0.2) is 51.4 Å². The van der Waals surface area contributed by atoms with Crippen LogP contribution in [0.2, 0.25) is 5.02 Å². The summed E-state index contributed by atoms with van der Waals surface area (Å²) in [6.45, 7) is 0.716. The van der Waals surface area contributed by atoms with Crippen LogP contribution in [-0.2, 0) is 26.2 Å². The molecule has 3 aromatic rings. The van der Waals surface area contributed by atoms with Gasteiger partial charge in [0.05, 0.1) is 16.6 Å². The Kier molecular flexibility index (Phi) is 6.54. The van der Waals surface area contributed by atoms with Gasteiger partial charge >= 0.3 is 5.97 Å². The molecule has 1 saturated heterocycles. The van der Waals surface area contributed by atoms with Crippen LogP contribution < -0.4 is 0 Å². The lowest BCUT2D eigenvalue weighted by Gasteiger charge is -2.29. The second-order valence-corrected chi connectivity index (χ2v) is 11.2. The van der Waals surface area contributed by atoms with E-state index < -0.39 is 10.0 Å². The van der Waals surface area contributed by atoms with Gasteiger partial charge in [-0.1, -0.05) is 35.9 Å². The predicted octanol–water partition coefficient (Wildman–Crippen LogP) is 4.67. The number of hydrogen-bond acceptors (Lipinski definition) is 7. The maximum Gasteiger partial charge on any atom is 0.309 e. The molecule has 158 valence electrons. The number of benzene rings is 1. The molecule has 0 unspecified atom stereocenters. The molecular weight excluding hydrogens is 464 g/mol. The smallest absolute Gasteiger partial charge is 0.309 e. The van der Waals surface area contributed by atoms with Crippen LogP contribution in [0.5, 0.6) is 0 Å². The van der Waals surface area contributed by atoms with Gasteiger partial charge in [-0.2, -0.15) is 4.31 Å². The van der Waals surface area contributed by atoms with Crippen molar-refractivity contribution in [3.63, 3.8) is 0 Å². The molecule has 3 heterocycles. The Morgan fingerprint density at radius 3 is 2.63 bits per heavy atom. The quantitative estimate of drug-likeness (QED) is 0.477. The number of esters is 1. The average molecular weight is 483 g/mol. The lowest BCUT2D eigenvalue weighted by Crippen LogP contribution is -2.40. The fraction of sp³-hybridized carbons (Fsp3) is 0.300. The van der Waals surface area contributed by atoms with Crippen molar-refractivity contribution in [2.45, 2.75) is 23.7 Å². The molecule has 2 aromatic heterocycles. The Labute approximate surface area is 188 Å². The van der Waals surface area contributed by atoms with Gasteiger partial charge in [-0.05, 0) is 30.4 Å². The van der Waals surface area contributed by atoms with E-state index in [1.807, 2.05) is 29.6 Å². The molecule has 0 saturated carbocycles. The van der Waals surface area contributed by atoms with Gasteiger partial charge in [0.15, 0.2) is 0 Å². The van der Waals surface area contributed by atoms with E-state index in [-0.39, 0.29) is 18.5 Å². The molecule has 1 aliphatic heterocycles. The number of hydrogen-bond donors (Lipinski definition) is 0. The van der Waals surface area contributed by atoms with Gasteiger partial charge in [0.2, 0.25) is 0 Å². The molecule has 1 aliphatic rings. The summed E-state index contributed by atoms with van der Waals surface area (Å²) in [5.41, 5.74) is 1.52. The minimum Gasteiger partial charge on any atom is -0.459 e. The molecule has 0 spiro atoms. The number of thiophene rings is 1. The van der Waals surface area contributed by atoms with Crippen LogP contribution in [0.25, 0.3) is 10.6 Å². The summed E-state index contributed by atoms with van der Waals surface area (Å²) in [5, 5.41) is 4.99. The number of carbonyl (C=O) groups excluding carboxylic acids is 1. The number of thiazole rings is 1. The third-order valence-corrected chi connectivity index (χ3v) is 9.42.